The quantitative estimate of drug-likeness (QED) is 0.0724. The van der Waals surface area contributed by atoms with Crippen molar-refractivity contribution in [2.45, 2.75) is 122 Å². The van der Waals surface area contributed by atoms with Crippen LogP contribution >= 0.6 is 7.82 Å². The monoisotopic (exact) mass is 521 g/mol. The van der Waals surface area contributed by atoms with Gasteiger partial charge >= 0.3 is 7.82 Å². The third-order valence-corrected chi connectivity index (χ3v) is 6.18. The maximum atomic E-state index is 10.3. The van der Waals surface area contributed by atoms with Gasteiger partial charge in [-0.05, 0) is 38.5 Å². The van der Waals surface area contributed by atoms with Gasteiger partial charge in [-0.3, -0.25) is 4.52 Å². The molecule has 35 heavy (non-hydrogen) atoms. The normalized spacial score (nSPS) is 12.1. The van der Waals surface area contributed by atoms with Crippen molar-refractivity contribution in [2.24, 2.45) is 0 Å². The zero-order valence-corrected chi connectivity index (χ0v) is 24.1. The number of phosphoric acid groups is 1. The summed E-state index contributed by atoms with van der Waals surface area (Å²) in [5.41, 5.74) is 0. The molecule has 0 aromatic heterocycles. The molecule has 0 atom stereocenters. The fourth-order valence-corrected chi connectivity index (χ4v) is 3.80. The third-order valence-electron chi connectivity index (χ3n) is 5.66. The fourth-order valence-electron chi connectivity index (χ4n) is 3.48. The van der Waals surface area contributed by atoms with Crippen LogP contribution in [-0.4, -0.2) is 54.5 Å². The molecule has 0 aromatic carbocycles. The van der Waals surface area contributed by atoms with Gasteiger partial charge in [0.2, 0.25) is 0 Å². The van der Waals surface area contributed by atoms with Gasteiger partial charge in [-0.1, -0.05) is 96.1 Å². The molecule has 0 saturated carbocycles. The number of carboxylic acids is 1. The van der Waals surface area contributed by atoms with Gasteiger partial charge in [-0.15, -0.1) is 0 Å². The van der Waals surface area contributed by atoms with E-state index in [1.807, 2.05) is 21.1 Å². The van der Waals surface area contributed by atoms with Crippen LogP contribution in [0.25, 0.3) is 0 Å². The van der Waals surface area contributed by atoms with E-state index in [4.69, 9.17) is 9.79 Å². The number of carboxylic acid groups (broad SMARTS) is 1. The number of carbonyl (C=O) groups is 1. The summed E-state index contributed by atoms with van der Waals surface area (Å²) in [6, 6.07) is 0. The van der Waals surface area contributed by atoms with Gasteiger partial charge in [0.05, 0.1) is 21.1 Å². The molecule has 210 valence electrons. The number of likely N-dealkylation sites (N-methyl/N-ethyl adjacent to an activating group) is 1. The number of allylic oxidation sites excluding steroid dienone is 2. The van der Waals surface area contributed by atoms with Gasteiger partial charge in [0, 0.05) is 5.97 Å². The lowest BCUT2D eigenvalue weighted by molar-refractivity contribution is -0.870. The van der Waals surface area contributed by atoms with Gasteiger partial charge in [-0.2, -0.15) is 0 Å². The lowest BCUT2D eigenvalue weighted by Gasteiger charge is -2.23. The van der Waals surface area contributed by atoms with Crippen molar-refractivity contribution in [3.63, 3.8) is 0 Å². The van der Waals surface area contributed by atoms with E-state index in [9.17, 15) is 14.5 Å². The molecule has 0 aromatic rings. The maximum Gasteiger partial charge on any atom is 0.469 e. The first-order chi connectivity index (χ1) is 16.5. The Balaban J connectivity index is 0. The Morgan fingerprint density at radius 3 is 1.54 bits per heavy atom. The summed E-state index contributed by atoms with van der Waals surface area (Å²) in [7, 11) is 1.50. The molecule has 0 bridgehead atoms. The van der Waals surface area contributed by atoms with Crippen molar-refractivity contribution in [1.29, 1.82) is 0 Å². The Hall–Kier alpha value is -0.720. The van der Waals surface area contributed by atoms with Crippen LogP contribution in [0.2, 0.25) is 0 Å². The van der Waals surface area contributed by atoms with Crippen LogP contribution in [0.4, 0.5) is 0 Å². The number of hydrogen-bond donors (Lipinski definition) is 2. The van der Waals surface area contributed by atoms with E-state index >= 15 is 0 Å². The minimum absolute atomic E-state index is 0.0772. The predicted octanol–water partition coefficient (Wildman–Crippen LogP) is 6.14. The van der Waals surface area contributed by atoms with Crippen LogP contribution in [0.15, 0.2) is 12.2 Å². The highest BCUT2D eigenvalue weighted by Crippen LogP contribution is 2.35. The number of phosphoric ester groups is 1. The van der Waals surface area contributed by atoms with E-state index in [1.165, 1.54) is 96.3 Å². The third kappa shape index (κ3) is 40.7. The molecule has 0 radical (unpaired) electrons. The summed E-state index contributed by atoms with van der Waals surface area (Å²) in [6.45, 7) is 2.92. The molecule has 0 saturated heterocycles. The molecular formula is C27H56NO6P. The number of unbranched alkanes of at least 4 members (excludes halogenated alkanes) is 15. The standard InChI is InChI=1S/C22H42O2.C5H14NO4P/c1-2-3-4-5-6-7-8-9-10-11-12-13-14-15-16-17-18-19-20-21-22(23)24;1-6(2,3)4-5-10-11(7,8)9/h9-10H,2-8,11-21H2,1H3,(H,23,24);4-5H2,1-3H3,(H-,7,8,9)/b10-9-;. The van der Waals surface area contributed by atoms with Gasteiger partial charge in [0.25, 0.3) is 0 Å². The summed E-state index contributed by atoms with van der Waals surface area (Å²) < 4.78 is 15.1. The first-order valence-electron chi connectivity index (χ1n) is 13.8. The highest BCUT2D eigenvalue weighted by Gasteiger charge is 2.16. The SMILES string of the molecule is CCCCCCCC/C=C\CCCCCCCCCCCC(=O)[O-].C[N+](C)(C)CCOP(=O)(O)O. The molecule has 0 spiro atoms. The van der Waals surface area contributed by atoms with E-state index in [1.54, 1.807) is 0 Å². The first-order valence-corrected chi connectivity index (χ1v) is 15.4. The smallest absolute Gasteiger partial charge is 0.469 e. The molecule has 0 amide bonds. The van der Waals surface area contributed by atoms with Crippen LogP contribution in [-0.2, 0) is 13.9 Å². The van der Waals surface area contributed by atoms with Crippen molar-refractivity contribution in [3.8, 4) is 0 Å². The zero-order valence-electron chi connectivity index (χ0n) is 23.2. The van der Waals surface area contributed by atoms with Crippen molar-refractivity contribution < 1.29 is 33.3 Å². The molecule has 0 aliphatic rings. The number of carbonyl (C=O) groups excluding carboxylic acids is 1. The lowest BCUT2D eigenvalue weighted by Crippen LogP contribution is -2.37. The lowest BCUT2D eigenvalue weighted by atomic mass is 10.1. The number of nitrogens with zero attached hydrogens (tertiary/aromatic N) is 1. The number of quaternary nitrogens is 1. The number of hydrogen-bond acceptors (Lipinski definition) is 4. The Morgan fingerprint density at radius 1 is 0.771 bits per heavy atom. The fraction of sp³-hybridized carbons (Fsp3) is 0.889. The van der Waals surface area contributed by atoms with Crippen molar-refractivity contribution >= 4 is 13.8 Å². The van der Waals surface area contributed by atoms with Crippen LogP contribution < -0.4 is 5.11 Å². The van der Waals surface area contributed by atoms with E-state index in [2.05, 4.69) is 23.6 Å². The average Bonchev–Trinajstić information content (AvgIpc) is 2.74. The largest absolute Gasteiger partial charge is 0.550 e. The second-order valence-electron chi connectivity index (χ2n) is 10.5. The topological polar surface area (TPSA) is 107 Å². The molecule has 8 heteroatoms. The maximum absolute atomic E-state index is 10.3. The number of aliphatic carboxylic acids is 1. The molecule has 0 unspecified atom stereocenters. The van der Waals surface area contributed by atoms with E-state index in [-0.39, 0.29) is 13.0 Å². The van der Waals surface area contributed by atoms with Gasteiger partial charge in [0.15, 0.2) is 0 Å². The van der Waals surface area contributed by atoms with Gasteiger partial charge < -0.3 is 24.2 Å². The van der Waals surface area contributed by atoms with Gasteiger partial charge in [-0.25, -0.2) is 4.57 Å². The molecule has 0 fully saturated rings. The Bertz CT molecular complexity index is 542. The predicted molar refractivity (Wildman–Crippen MR) is 144 cm³/mol. The second kappa shape index (κ2) is 25.0. The molecule has 0 rings (SSSR count). The highest BCUT2D eigenvalue weighted by atomic mass is 31.2. The second-order valence-corrected chi connectivity index (χ2v) is 11.7. The van der Waals surface area contributed by atoms with Crippen molar-refractivity contribution in [1.82, 2.24) is 0 Å². The number of rotatable bonds is 23. The molecule has 0 aliphatic carbocycles. The molecule has 2 N–H and O–H groups in total. The minimum Gasteiger partial charge on any atom is -0.550 e. The summed E-state index contributed by atoms with van der Waals surface area (Å²) >= 11 is 0. The van der Waals surface area contributed by atoms with Crippen LogP contribution in [0.3, 0.4) is 0 Å². The molecule has 0 heterocycles. The zero-order chi connectivity index (χ0) is 26.8. The van der Waals surface area contributed by atoms with E-state index in [0.717, 1.165) is 12.8 Å². The van der Waals surface area contributed by atoms with E-state index < -0.39 is 13.8 Å². The highest BCUT2D eigenvalue weighted by molar-refractivity contribution is 7.46. The Labute approximate surface area is 216 Å². The molecular weight excluding hydrogens is 465 g/mol. The van der Waals surface area contributed by atoms with Crippen LogP contribution in [0.1, 0.15) is 122 Å². The molecule has 7 nitrogen and oxygen atoms in total. The minimum atomic E-state index is -4.26. The average molecular weight is 522 g/mol. The summed E-state index contributed by atoms with van der Waals surface area (Å²) in [4.78, 5) is 26.9. The Morgan fingerprint density at radius 2 is 1.17 bits per heavy atom. The Kier molecular flexibility index (Phi) is 26.0. The van der Waals surface area contributed by atoms with Crippen molar-refractivity contribution in [3.05, 3.63) is 12.2 Å². The van der Waals surface area contributed by atoms with Crippen molar-refractivity contribution in [2.75, 3.05) is 34.3 Å². The van der Waals surface area contributed by atoms with Crippen LogP contribution in [0, 0.1) is 0 Å². The summed E-state index contributed by atoms with van der Waals surface area (Å²) in [5, 5.41) is 10.3. The first kappa shape index (κ1) is 36.4. The summed E-state index contributed by atoms with van der Waals surface area (Å²) in [5.74, 6) is -0.906. The summed E-state index contributed by atoms with van der Waals surface area (Å²) in [6.07, 6.45) is 26.8. The van der Waals surface area contributed by atoms with E-state index in [0.29, 0.717) is 11.0 Å². The van der Waals surface area contributed by atoms with Crippen LogP contribution in [0.5, 0.6) is 0 Å². The molecule has 0 aliphatic heterocycles. The van der Waals surface area contributed by atoms with Gasteiger partial charge in [0.1, 0.15) is 13.2 Å².